The third kappa shape index (κ3) is 10.1. The van der Waals surface area contributed by atoms with Crippen LogP contribution in [0, 0.1) is 17.8 Å². The first-order chi connectivity index (χ1) is 30.4. The fourth-order valence-corrected chi connectivity index (χ4v) is 10.9. The maximum atomic E-state index is 15.8. The Kier molecular flexibility index (Phi) is 15.8. The average molecular weight is 880 g/mol. The first-order valence-electron chi connectivity index (χ1n) is 23.4. The Hall–Kier alpha value is -4.62. The van der Waals surface area contributed by atoms with Crippen LogP contribution < -0.4 is 16.4 Å². The number of carbonyl (C=O) groups excluding carboxylic acids is 4. The molecule has 12 nitrogen and oxygen atoms in total. The van der Waals surface area contributed by atoms with Crippen molar-refractivity contribution in [3.8, 4) is 11.1 Å². The van der Waals surface area contributed by atoms with Crippen molar-refractivity contribution < 1.29 is 33.8 Å². The van der Waals surface area contributed by atoms with Crippen LogP contribution in [0.2, 0.25) is 0 Å². The molecule has 6 rings (SSSR count). The summed E-state index contributed by atoms with van der Waals surface area (Å²) in [6, 6.07) is 24.4. The monoisotopic (exact) mass is 880 g/mol. The molecule has 1 heterocycles. The number of methoxy groups -OCH3 is 2. The maximum absolute atomic E-state index is 15.8. The predicted molar refractivity (Wildman–Crippen MR) is 250 cm³/mol. The molecular formula is C52H73N5O7. The first kappa shape index (κ1) is 48.8. The minimum absolute atomic E-state index is 0.0172. The van der Waals surface area contributed by atoms with Crippen LogP contribution in [0.5, 0.6) is 0 Å². The van der Waals surface area contributed by atoms with Crippen LogP contribution in [-0.4, -0.2) is 108 Å². The summed E-state index contributed by atoms with van der Waals surface area (Å²) in [6.07, 6.45) is 3.33. The molecule has 3 aromatic rings. The van der Waals surface area contributed by atoms with Gasteiger partial charge in [-0.25, -0.2) is 0 Å². The number of fused-ring (bicyclic) bond motifs is 3. The summed E-state index contributed by atoms with van der Waals surface area (Å²) in [5.41, 5.74) is 8.99. The predicted octanol–water partition coefficient (Wildman–Crippen LogP) is 6.74. The molecule has 2 fully saturated rings. The fourth-order valence-electron chi connectivity index (χ4n) is 10.9. The van der Waals surface area contributed by atoms with E-state index >= 15 is 4.79 Å². The van der Waals surface area contributed by atoms with E-state index in [9.17, 15) is 19.5 Å². The molecule has 0 bridgehead atoms. The second-order valence-electron chi connectivity index (χ2n) is 19.6. The molecule has 1 saturated heterocycles. The van der Waals surface area contributed by atoms with Crippen LogP contribution in [0.3, 0.4) is 0 Å². The number of rotatable bonds is 19. The van der Waals surface area contributed by atoms with E-state index in [0.717, 1.165) is 54.4 Å². The van der Waals surface area contributed by atoms with E-state index in [2.05, 4.69) is 34.9 Å². The second-order valence-corrected chi connectivity index (χ2v) is 19.6. The smallest absolute Gasteiger partial charge is 0.248 e. The standard InChI is InChI=1S/C52H73N5O7/c1-32(2)52(55-49(61)51(5,6)53,31-41-39-26-17-15-24-37(39)38-25-16-18-27-40(38)41)50(62)56(7)45(35-20-13-14-21-35)43(63-8)30-44(58)57-29-19-28-42(57)47(64-9)33(3)48(60)54-34(4)46(59)36-22-11-10-12-23-36/h10-12,15-18,22-27,32-35,41-43,45-47,59H,13-14,19-21,28-31,53H2,1-9H3,(H,54,60)(H,55,61)/t33-,34-,42?,43-,45+,46-,47-,52?/m1/s1. The number of nitrogens with one attached hydrogen (secondary N) is 2. The SMILES string of the molecule is CO[C@H](CC(=O)N1CCCC1[C@H](OC)[C@@H](C)C(=O)N[C@H](C)[C@@H](O)c1ccccc1)[C@H](C1CCCC1)N(C)C(=O)C(CC1c2ccccc2-c2ccccc21)(NC(=O)C(C)(C)N)C(C)C. The van der Waals surface area contributed by atoms with E-state index in [0.29, 0.717) is 24.9 Å². The number of aliphatic hydroxyl groups excluding tert-OH is 1. The molecule has 3 aromatic carbocycles. The van der Waals surface area contributed by atoms with Crippen LogP contribution in [-0.2, 0) is 28.7 Å². The third-order valence-corrected chi connectivity index (χ3v) is 14.6. The highest BCUT2D eigenvalue weighted by atomic mass is 16.5. The van der Waals surface area contributed by atoms with Gasteiger partial charge in [0.05, 0.1) is 54.3 Å². The van der Waals surface area contributed by atoms with Gasteiger partial charge in [0.2, 0.25) is 23.6 Å². The van der Waals surface area contributed by atoms with Gasteiger partial charge in [-0.1, -0.05) is 112 Å². The highest BCUT2D eigenvalue weighted by Gasteiger charge is 2.52. The van der Waals surface area contributed by atoms with Crippen molar-refractivity contribution in [2.45, 2.75) is 146 Å². The van der Waals surface area contributed by atoms with E-state index in [1.54, 1.807) is 46.8 Å². The van der Waals surface area contributed by atoms with Crippen LogP contribution in [0.1, 0.15) is 122 Å². The number of likely N-dealkylation sites (N-methyl/N-ethyl adjacent to an activating group) is 1. The lowest BCUT2D eigenvalue weighted by Gasteiger charge is -2.47. The Morgan fingerprint density at radius 2 is 1.42 bits per heavy atom. The average Bonchev–Trinajstić information content (AvgIpc) is 4.06. The summed E-state index contributed by atoms with van der Waals surface area (Å²) < 4.78 is 12.3. The van der Waals surface area contributed by atoms with Crippen molar-refractivity contribution in [2.24, 2.45) is 23.5 Å². The highest BCUT2D eigenvalue weighted by Crippen LogP contribution is 2.49. The molecule has 2 unspecified atom stereocenters. The summed E-state index contributed by atoms with van der Waals surface area (Å²) in [6.45, 7) is 11.3. The van der Waals surface area contributed by atoms with Gasteiger partial charge in [0.1, 0.15) is 5.54 Å². The number of carbonyl (C=O) groups is 4. The summed E-state index contributed by atoms with van der Waals surface area (Å²) in [7, 11) is 4.99. The van der Waals surface area contributed by atoms with Crippen LogP contribution in [0.4, 0.5) is 0 Å². The van der Waals surface area contributed by atoms with Gasteiger partial charge in [-0.3, -0.25) is 19.2 Å². The van der Waals surface area contributed by atoms with Crippen molar-refractivity contribution in [3.05, 3.63) is 95.6 Å². The van der Waals surface area contributed by atoms with E-state index in [1.807, 2.05) is 80.4 Å². The highest BCUT2D eigenvalue weighted by molar-refractivity contribution is 5.95. The largest absolute Gasteiger partial charge is 0.386 e. The van der Waals surface area contributed by atoms with E-state index in [4.69, 9.17) is 15.2 Å². The Labute approximate surface area is 381 Å². The molecule has 2 aliphatic carbocycles. The molecule has 0 aromatic heterocycles. The van der Waals surface area contributed by atoms with Gasteiger partial charge < -0.3 is 40.7 Å². The zero-order chi connectivity index (χ0) is 46.5. The lowest BCUT2D eigenvalue weighted by atomic mass is 9.73. The minimum Gasteiger partial charge on any atom is -0.386 e. The zero-order valence-corrected chi connectivity index (χ0v) is 39.5. The number of aliphatic hydroxyl groups is 1. The molecular weight excluding hydrogens is 807 g/mol. The number of hydrogen-bond acceptors (Lipinski definition) is 8. The maximum Gasteiger partial charge on any atom is 0.248 e. The Balaban J connectivity index is 1.27. The summed E-state index contributed by atoms with van der Waals surface area (Å²) in [5.74, 6) is -2.15. The van der Waals surface area contributed by atoms with Crippen molar-refractivity contribution in [1.82, 2.24) is 20.4 Å². The van der Waals surface area contributed by atoms with Crippen molar-refractivity contribution in [3.63, 3.8) is 0 Å². The minimum atomic E-state index is -1.38. The lowest BCUT2D eigenvalue weighted by Crippen LogP contribution is -2.68. The Morgan fingerprint density at radius 3 is 1.97 bits per heavy atom. The van der Waals surface area contributed by atoms with Crippen LogP contribution >= 0.6 is 0 Å². The summed E-state index contributed by atoms with van der Waals surface area (Å²) >= 11 is 0. The molecule has 12 heteroatoms. The number of likely N-dealkylation sites (tertiary alicyclic amines) is 1. The molecule has 348 valence electrons. The number of nitrogens with zero attached hydrogens (tertiary/aromatic N) is 2. The molecule has 1 aliphatic heterocycles. The molecule has 8 atom stereocenters. The van der Waals surface area contributed by atoms with Gasteiger partial charge in [0.25, 0.3) is 0 Å². The van der Waals surface area contributed by atoms with Crippen molar-refractivity contribution >= 4 is 23.6 Å². The number of nitrogens with two attached hydrogens (primary N) is 1. The second kappa shape index (κ2) is 20.7. The van der Waals surface area contributed by atoms with Crippen LogP contribution in [0.25, 0.3) is 11.1 Å². The van der Waals surface area contributed by atoms with Crippen molar-refractivity contribution in [2.75, 3.05) is 27.8 Å². The van der Waals surface area contributed by atoms with E-state index in [1.165, 1.54) is 0 Å². The number of benzene rings is 3. The van der Waals surface area contributed by atoms with Gasteiger partial charge in [-0.15, -0.1) is 0 Å². The van der Waals surface area contributed by atoms with Gasteiger partial charge >= 0.3 is 0 Å². The molecule has 5 N–H and O–H groups in total. The molecule has 64 heavy (non-hydrogen) atoms. The first-order valence-corrected chi connectivity index (χ1v) is 23.4. The quantitative estimate of drug-likeness (QED) is 0.103. The summed E-state index contributed by atoms with van der Waals surface area (Å²) in [5, 5.41) is 17.2. The van der Waals surface area contributed by atoms with Gasteiger partial charge in [-0.05, 0) is 92.5 Å². The summed E-state index contributed by atoms with van der Waals surface area (Å²) in [4.78, 5) is 61.9. The number of amides is 4. The molecule has 0 spiro atoms. The van der Waals surface area contributed by atoms with Crippen LogP contribution in [0.15, 0.2) is 78.9 Å². The van der Waals surface area contributed by atoms with Gasteiger partial charge in [-0.2, -0.15) is 0 Å². The molecule has 3 aliphatic rings. The third-order valence-electron chi connectivity index (χ3n) is 14.6. The molecule has 0 radical (unpaired) electrons. The van der Waals surface area contributed by atoms with Gasteiger partial charge in [0.15, 0.2) is 0 Å². The number of hydrogen-bond donors (Lipinski definition) is 4. The zero-order valence-electron chi connectivity index (χ0n) is 39.5. The van der Waals surface area contributed by atoms with Gasteiger partial charge in [0, 0.05) is 33.7 Å². The number of ether oxygens (including phenoxy) is 2. The normalized spacial score (nSPS) is 20.4. The molecule has 4 amide bonds. The van der Waals surface area contributed by atoms with Crippen molar-refractivity contribution in [1.29, 1.82) is 0 Å². The molecule has 1 saturated carbocycles. The Morgan fingerprint density at radius 1 is 0.844 bits per heavy atom. The van der Waals surface area contributed by atoms with E-state index < -0.39 is 53.3 Å². The lowest BCUT2D eigenvalue weighted by molar-refractivity contribution is -0.153. The topological polar surface area (TPSA) is 164 Å². The fraction of sp³-hybridized carbons (Fsp3) is 0.577. The van der Waals surface area contributed by atoms with E-state index in [-0.39, 0.29) is 47.9 Å². The Bertz CT molecular complexity index is 2040.